The van der Waals surface area contributed by atoms with Gasteiger partial charge in [0.15, 0.2) is 0 Å². The molecular weight excluding hydrogens is 374 g/mol. The Balaban J connectivity index is 1.74. The Morgan fingerprint density at radius 3 is 2.54 bits per heavy atom. The zero-order valence-electron chi connectivity index (χ0n) is 16.1. The maximum absolute atomic E-state index is 12.5. The molecule has 146 valence electrons. The van der Waals surface area contributed by atoms with Crippen molar-refractivity contribution in [3.8, 4) is 5.69 Å². The third-order valence-corrected chi connectivity index (χ3v) is 5.78. The first kappa shape index (κ1) is 19.8. The van der Waals surface area contributed by atoms with Crippen molar-refractivity contribution in [2.24, 2.45) is 0 Å². The minimum atomic E-state index is -0.821. The molecule has 0 saturated heterocycles. The van der Waals surface area contributed by atoms with Crippen molar-refractivity contribution in [3.63, 3.8) is 0 Å². The van der Waals surface area contributed by atoms with E-state index in [4.69, 9.17) is 5.11 Å². The molecule has 0 radical (unpaired) electrons. The van der Waals surface area contributed by atoms with E-state index in [1.807, 2.05) is 50.4 Å². The molecule has 3 rings (SSSR count). The van der Waals surface area contributed by atoms with Crippen LogP contribution in [-0.2, 0) is 11.2 Å². The van der Waals surface area contributed by atoms with Gasteiger partial charge in [0.1, 0.15) is 0 Å². The summed E-state index contributed by atoms with van der Waals surface area (Å²) in [5, 5.41) is 18.5. The zero-order chi connectivity index (χ0) is 20.3. The van der Waals surface area contributed by atoms with Gasteiger partial charge >= 0.3 is 5.97 Å². The Morgan fingerprint density at radius 2 is 1.93 bits per heavy atom. The lowest BCUT2D eigenvalue weighted by Gasteiger charge is -2.12. The third kappa shape index (κ3) is 4.31. The topological polar surface area (TPSA) is 84.2 Å². The van der Waals surface area contributed by atoms with Gasteiger partial charge in [0.2, 0.25) is 0 Å². The number of nitrogens with one attached hydrogen (secondary N) is 1. The number of carbonyl (C=O) groups is 2. The SMILES string of the molecule is Cc1nn(-c2ccc(C(=O)NC(C)c3cccs3)cc2)c(C)c1CCC(=O)O. The van der Waals surface area contributed by atoms with E-state index in [9.17, 15) is 9.59 Å². The number of aliphatic carboxylic acids is 1. The number of nitrogens with zero attached hydrogens (tertiary/aromatic N) is 2. The highest BCUT2D eigenvalue weighted by Gasteiger charge is 2.15. The van der Waals surface area contributed by atoms with Crippen LogP contribution in [-0.4, -0.2) is 26.8 Å². The van der Waals surface area contributed by atoms with E-state index >= 15 is 0 Å². The summed E-state index contributed by atoms with van der Waals surface area (Å²) < 4.78 is 1.79. The van der Waals surface area contributed by atoms with Crippen molar-refractivity contribution in [2.45, 2.75) is 39.7 Å². The number of hydrogen-bond donors (Lipinski definition) is 2. The molecule has 2 heterocycles. The van der Waals surface area contributed by atoms with Gasteiger partial charge < -0.3 is 10.4 Å². The number of aromatic nitrogens is 2. The van der Waals surface area contributed by atoms with Crippen molar-refractivity contribution >= 4 is 23.2 Å². The van der Waals surface area contributed by atoms with Crippen molar-refractivity contribution in [1.29, 1.82) is 0 Å². The number of rotatable bonds is 7. The number of hydrogen-bond acceptors (Lipinski definition) is 4. The van der Waals surface area contributed by atoms with Crippen LogP contribution in [0.3, 0.4) is 0 Å². The summed E-state index contributed by atoms with van der Waals surface area (Å²) in [7, 11) is 0. The fourth-order valence-corrected chi connectivity index (χ4v) is 3.90. The molecule has 7 heteroatoms. The highest BCUT2D eigenvalue weighted by molar-refractivity contribution is 7.10. The van der Waals surface area contributed by atoms with E-state index in [1.54, 1.807) is 28.2 Å². The number of aryl methyl sites for hydroxylation is 1. The van der Waals surface area contributed by atoms with Crippen molar-refractivity contribution < 1.29 is 14.7 Å². The Labute approximate surface area is 167 Å². The van der Waals surface area contributed by atoms with E-state index in [2.05, 4.69) is 10.4 Å². The van der Waals surface area contributed by atoms with Crippen LogP contribution in [0.5, 0.6) is 0 Å². The lowest BCUT2D eigenvalue weighted by Crippen LogP contribution is -2.26. The standard InChI is InChI=1S/C21H23N3O3S/c1-13-18(10-11-20(25)26)15(3)24(23-13)17-8-6-16(7-9-17)21(27)22-14(2)19-5-4-12-28-19/h4-9,12,14H,10-11H2,1-3H3,(H,22,27)(H,25,26). The van der Waals surface area contributed by atoms with Gasteiger partial charge in [0.25, 0.3) is 5.91 Å². The van der Waals surface area contributed by atoms with Crippen LogP contribution in [0.2, 0.25) is 0 Å². The molecule has 1 amide bonds. The number of thiophene rings is 1. The fourth-order valence-electron chi connectivity index (χ4n) is 3.16. The van der Waals surface area contributed by atoms with E-state index in [-0.39, 0.29) is 18.4 Å². The van der Waals surface area contributed by atoms with Gasteiger partial charge in [-0.15, -0.1) is 11.3 Å². The molecule has 0 saturated carbocycles. The number of carboxylic acid groups (broad SMARTS) is 1. The first-order chi connectivity index (χ1) is 13.4. The first-order valence-corrected chi connectivity index (χ1v) is 9.96. The highest BCUT2D eigenvalue weighted by atomic mass is 32.1. The molecule has 1 aromatic carbocycles. The Bertz CT molecular complexity index is 975. The normalized spacial score (nSPS) is 12.0. The number of carboxylic acids is 1. The van der Waals surface area contributed by atoms with Gasteiger partial charge in [-0.2, -0.15) is 5.10 Å². The minimum absolute atomic E-state index is 0.0417. The summed E-state index contributed by atoms with van der Waals surface area (Å²) >= 11 is 1.62. The second kappa shape index (κ2) is 8.39. The summed E-state index contributed by atoms with van der Waals surface area (Å²) in [5.41, 5.74) is 4.12. The summed E-state index contributed by atoms with van der Waals surface area (Å²) in [4.78, 5) is 24.5. The summed E-state index contributed by atoms with van der Waals surface area (Å²) in [6.45, 7) is 5.78. The van der Waals surface area contributed by atoms with Gasteiger partial charge in [0.05, 0.1) is 17.4 Å². The second-order valence-electron chi connectivity index (χ2n) is 6.71. The lowest BCUT2D eigenvalue weighted by atomic mass is 10.1. The molecule has 0 spiro atoms. The Kier molecular flexibility index (Phi) is 5.94. The van der Waals surface area contributed by atoms with Crippen LogP contribution in [0.15, 0.2) is 41.8 Å². The molecule has 0 bridgehead atoms. The maximum atomic E-state index is 12.5. The predicted molar refractivity (Wildman–Crippen MR) is 109 cm³/mol. The Hall–Kier alpha value is -2.93. The van der Waals surface area contributed by atoms with E-state index in [0.717, 1.165) is 27.5 Å². The smallest absolute Gasteiger partial charge is 0.303 e. The van der Waals surface area contributed by atoms with Gasteiger partial charge in [-0.1, -0.05) is 6.07 Å². The van der Waals surface area contributed by atoms with Crippen LogP contribution in [0.4, 0.5) is 0 Å². The minimum Gasteiger partial charge on any atom is -0.481 e. The Morgan fingerprint density at radius 1 is 1.21 bits per heavy atom. The molecule has 1 unspecified atom stereocenters. The van der Waals surface area contributed by atoms with Crippen LogP contribution in [0.25, 0.3) is 5.69 Å². The van der Waals surface area contributed by atoms with Crippen LogP contribution in [0, 0.1) is 13.8 Å². The summed E-state index contributed by atoms with van der Waals surface area (Å²) in [6, 6.07) is 11.2. The molecule has 1 atom stereocenters. The maximum Gasteiger partial charge on any atom is 0.303 e. The molecule has 0 aliphatic heterocycles. The molecule has 6 nitrogen and oxygen atoms in total. The second-order valence-corrected chi connectivity index (χ2v) is 7.69. The van der Waals surface area contributed by atoms with Gasteiger partial charge in [-0.05, 0) is 68.5 Å². The molecule has 2 aromatic heterocycles. The van der Waals surface area contributed by atoms with E-state index in [1.165, 1.54) is 0 Å². The number of amides is 1. The lowest BCUT2D eigenvalue weighted by molar-refractivity contribution is -0.136. The molecular formula is C21H23N3O3S. The van der Waals surface area contributed by atoms with E-state index < -0.39 is 5.97 Å². The summed E-state index contributed by atoms with van der Waals surface area (Å²) in [6.07, 6.45) is 0.531. The molecule has 0 aliphatic carbocycles. The predicted octanol–water partition coefficient (Wildman–Crippen LogP) is 4.06. The summed E-state index contributed by atoms with van der Waals surface area (Å²) in [5.74, 6) is -0.943. The largest absolute Gasteiger partial charge is 0.481 e. The monoisotopic (exact) mass is 397 g/mol. The van der Waals surface area contributed by atoms with Crippen LogP contribution in [0.1, 0.15) is 51.6 Å². The molecule has 0 aliphatic rings. The van der Waals surface area contributed by atoms with Crippen molar-refractivity contribution in [2.75, 3.05) is 0 Å². The highest BCUT2D eigenvalue weighted by Crippen LogP contribution is 2.21. The zero-order valence-corrected chi connectivity index (χ0v) is 16.9. The number of benzene rings is 1. The van der Waals surface area contributed by atoms with E-state index in [0.29, 0.717) is 12.0 Å². The van der Waals surface area contributed by atoms with Gasteiger partial charge in [-0.25, -0.2) is 4.68 Å². The molecule has 3 aromatic rings. The first-order valence-electron chi connectivity index (χ1n) is 9.08. The van der Waals surface area contributed by atoms with Crippen molar-refractivity contribution in [3.05, 3.63) is 69.2 Å². The van der Waals surface area contributed by atoms with Crippen molar-refractivity contribution in [1.82, 2.24) is 15.1 Å². The van der Waals surface area contributed by atoms with Gasteiger partial charge in [0, 0.05) is 22.6 Å². The average molecular weight is 398 g/mol. The molecule has 2 N–H and O–H groups in total. The molecule has 0 fully saturated rings. The van der Waals surface area contributed by atoms with Gasteiger partial charge in [-0.3, -0.25) is 9.59 Å². The van der Waals surface area contributed by atoms with Crippen LogP contribution >= 0.6 is 11.3 Å². The van der Waals surface area contributed by atoms with Crippen LogP contribution < -0.4 is 5.32 Å². The number of carbonyl (C=O) groups excluding carboxylic acids is 1. The average Bonchev–Trinajstić information content (AvgIpc) is 3.29. The molecule has 28 heavy (non-hydrogen) atoms. The fraction of sp³-hybridized carbons (Fsp3) is 0.286. The third-order valence-electron chi connectivity index (χ3n) is 4.72. The quantitative estimate of drug-likeness (QED) is 0.630.